The van der Waals surface area contributed by atoms with Gasteiger partial charge in [0.05, 0.1) is 26.4 Å². The number of aromatic carboxylic acids is 2. The number of carboxylic acids is 2. The normalized spacial score (nSPS) is 11.3. The molecule has 0 aliphatic carbocycles. The van der Waals surface area contributed by atoms with Gasteiger partial charge in [-0.15, -0.1) is 0 Å². The van der Waals surface area contributed by atoms with Crippen LogP contribution in [0, 0.1) is 0 Å². The van der Waals surface area contributed by atoms with Gasteiger partial charge in [0.1, 0.15) is 34.0 Å². The van der Waals surface area contributed by atoms with Crippen molar-refractivity contribution in [2.24, 2.45) is 0 Å². The molecule has 2 N–H and O–H groups in total. The number of rotatable bonds is 32. The van der Waals surface area contributed by atoms with Crippen LogP contribution in [0.1, 0.15) is 170 Å². The number of para-hydroxylation sites is 2. The van der Waals surface area contributed by atoms with Crippen molar-refractivity contribution in [1.82, 2.24) is 9.97 Å². The number of pyridine rings is 2. The van der Waals surface area contributed by atoms with E-state index in [0.717, 1.165) is 25.7 Å². The van der Waals surface area contributed by atoms with Crippen LogP contribution in [0.4, 0.5) is 0 Å². The zero-order valence-corrected chi connectivity index (χ0v) is 34.5. The van der Waals surface area contributed by atoms with Gasteiger partial charge < -0.3 is 29.2 Å². The lowest BCUT2D eigenvalue weighted by molar-refractivity contribution is 0.0680. The fourth-order valence-electron chi connectivity index (χ4n) is 7.04. The van der Waals surface area contributed by atoms with Crippen LogP contribution in [0.3, 0.4) is 0 Å². The highest BCUT2D eigenvalue weighted by Gasteiger charge is 2.17. The second-order valence-electron chi connectivity index (χ2n) is 15.0. The van der Waals surface area contributed by atoms with Crippen molar-refractivity contribution in [3.05, 3.63) is 59.9 Å². The maximum Gasteiger partial charge on any atom is 0.354 e. The third-order valence-electron chi connectivity index (χ3n) is 10.3. The minimum Gasteiger partial charge on any atom is -0.493 e. The maximum atomic E-state index is 12.0. The lowest BCUT2D eigenvalue weighted by atomic mass is 10.1. The number of nitrogens with zero attached hydrogens (tertiary/aromatic N) is 2. The number of carboxylic acid groups (broad SMARTS) is 2. The number of benzene rings is 2. The standard InChI is InChI=1S/C47H66N2O8/c1-3-5-7-9-11-13-15-17-19-21-30-56-42-34-38(46(50)51)48-44-36(42)26-23-28-40(44)54-32-25-33-55-41-29-24-27-37-43(35-39(47(52)53)49-45(37)41)57-31-22-20-18-16-14-12-10-8-6-4-2/h23-24,26-29,34-35H,3-22,25,30-33H2,1-2H3,(H,50,51)(H,52,53). The van der Waals surface area contributed by atoms with Crippen LogP contribution in [0.25, 0.3) is 21.8 Å². The molecular weight excluding hydrogens is 721 g/mol. The lowest BCUT2D eigenvalue weighted by Crippen LogP contribution is -2.08. The molecular formula is C47H66N2O8. The fraction of sp³-hybridized carbons (Fsp3) is 0.574. The van der Waals surface area contributed by atoms with Crippen molar-refractivity contribution < 1.29 is 38.7 Å². The molecule has 0 bridgehead atoms. The third kappa shape index (κ3) is 15.7. The number of aromatic nitrogens is 2. The predicted molar refractivity (Wildman–Crippen MR) is 228 cm³/mol. The highest BCUT2D eigenvalue weighted by Crippen LogP contribution is 2.34. The van der Waals surface area contributed by atoms with Crippen LogP contribution in [0.2, 0.25) is 0 Å². The molecule has 0 radical (unpaired) electrons. The Bertz CT molecular complexity index is 1670. The van der Waals surface area contributed by atoms with Gasteiger partial charge >= 0.3 is 11.9 Å². The molecule has 312 valence electrons. The van der Waals surface area contributed by atoms with Crippen LogP contribution in [0.5, 0.6) is 23.0 Å². The summed E-state index contributed by atoms with van der Waals surface area (Å²) in [5.74, 6) is -0.378. The number of hydrogen-bond acceptors (Lipinski definition) is 8. The van der Waals surface area contributed by atoms with E-state index < -0.39 is 11.9 Å². The number of ether oxygens (including phenoxy) is 4. The molecule has 0 atom stereocenters. The fourth-order valence-corrected chi connectivity index (χ4v) is 7.04. The molecule has 0 saturated heterocycles. The van der Waals surface area contributed by atoms with Gasteiger partial charge in [-0.2, -0.15) is 0 Å². The molecule has 2 aromatic carbocycles. The van der Waals surface area contributed by atoms with Gasteiger partial charge in [-0.05, 0) is 37.1 Å². The molecule has 0 fully saturated rings. The first kappa shape index (κ1) is 45.1. The van der Waals surface area contributed by atoms with E-state index in [-0.39, 0.29) is 24.6 Å². The van der Waals surface area contributed by atoms with E-state index in [1.165, 1.54) is 115 Å². The van der Waals surface area contributed by atoms with Gasteiger partial charge in [0.2, 0.25) is 0 Å². The second-order valence-corrected chi connectivity index (χ2v) is 15.0. The molecule has 2 aromatic heterocycles. The predicted octanol–water partition coefficient (Wildman–Crippen LogP) is 12.6. The van der Waals surface area contributed by atoms with E-state index in [1.54, 1.807) is 12.1 Å². The first-order valence-electron chi connectivity index (χ1n) is 21.8. The Kier molecular flexibility index (Phi) is 20.8. The summed E-state index contributed by atoms with van der Waals surface area (Å²) < 4.78 is 24.5. The first-order chi connectivity index (χ1) is 27.9. The van der Waals surface area contributed by atoms with Crippen molar-refractivity contribution in [2.75, 3.05) is 26.4 Å². The Morgan fingerprint density at radius 3 is 1.11 bits per heavy atom. The van der Waals surface area contributed by atoms with E-state index in [9.17, 15) is 19.8 Å². The maximum absolute atomic E-state index is 12.0. The highest BCUT2D eigenvalue weighted by atomic mass is 16.5. The average molecular weight is 787 g/mol. The van der Waals surface area contributed by atoms with Crippen LogP contribution >= 0.6 is 0 Å². The van der Waals surface area contributed by atoms with Gasteiger partial charge in [-0.3, -0.25) is 0 Å². The van der Waals surface area contributed by atoms with E-state index in [4.69, 9.17) is 18.9 Å². The summed E-state index contributed by atoms with van der Waals surface area (Å²) in [4.78, 5) is 32.8. The smallest absolute Gasteiger partial charge is 0.354 e. The minimum atomic E-state index is -1.13. The van der Waals surface area contributed by atoms with E-state index in [1.807, 2.05) is 24.3 Å². The van der Waals surface area contributed by atoms with Gasteiger partial charge in [-0.1, -0.05) is 142 Å². The average Bonchev–Trinajstić information content (AvgIpc) is 3.21. The van der Waals surface area contributed by atoms with Crippen molar-refractivity contribution in [1.29, 1.82) is 0 Å². The molecule has 0 amide bonds. The Balaban J connectivity index is 1.28. The molecule has 0 saturated carbocycles. The first-order valence-corrected chi connectivity index (χ1v) is 21.8. The summed E-state index contributed by atoms with van der Waals surface area (Å²) in [5.41, 5.74) is 0.661. The zero-order valence-electron chi connectivity index (χ0n) is 34.5. The zero-order chi connectivity index (χ0) is 40.5. The van der Waals surface area contributed by atoms with Crippen molar-refractivity contribution >= 4 is 33.7 Å². The SMILES string of the molecule is CCCCCCCCCCCCOc1cc(C(=O)O)nc2c(OCCCOc3cccc4c(OCCCCCCCCCCCC)cc(C(=O)O)nc34)cccc12. The molecule has 2 heterocycles. The summed E-state index contributed by atoms with van der Waals surface area (Å²) in [7, 11) is 0. The number of fused-ring (bicyclic) bond motifs is 2. The number of hydrogen-bond donors (Lipinski definition) is 2. The highest BCUT2D eigenvalue weighted by molar-refractivity contribution is 5.96. The van der Waals surface area contributed by atoms with Crippen LogP contribution < -0.4 is 18.9 Å². The van der Waals surface area contributed by atoms with Gasteiger partial charge in [0.25, 0.3) is 0 Å². The molecule has 57 heavy (non-hydrogen) atoms. The summed E-state index contributed by atoms with van der Waals surface area (Å²) >= 11 is 0. The van der Waals surface area contributed by atoms with Gasteiger partial charge in [0, 0.05) is 29.3 Å². The summed E-state index contributed by atoms with van der Waals surface area (Å²) in [6.45, 7) is 6.03. The second kappa shape index (κ2) is 26.3. The molecule has 4 rings (SSSR count). The van der Waals surface area contributed by atoms with Crippen molar-refractivity contribution in [3.63, 3.8) is 0 Å². The Morgan fingerprint density at radius 1 is 0.439 bits per heavy atom. The summed E-state index contributed by atoms with van der Waals surface area (Å²) in [5, 5.41) is 21.0. The molecule has 0 aliphatic rings. The molecule has 4 aromatic rings. The summed E-state index contributed by atoms with van der Waals surface area (Å²) in [6, 6.07) is 13.9. The molecule has 0 aliphatic heterocycles. The Morgan fingerprint density at radius 2 is 0.754 bits per heavy atom. The molecule has 0 unspecified atom stereocenters. The van der Waals surface area contributed by atoms with Crippen LogP contribution in [-0.4, -0.2) is 58.5 Å². The largest absolute Gasteiger partial charge is 0.493 e. The Hall–Kier alpha value is -4.60. The minimum absolute atomic E-state index is 0.101. The summed E-state index contributed by atoms with van der Waals surface area (Å²) in [6.07, 6.45) is 24.9. The van der Waals surface area contributed by atoms with Crippen LogP contribution in [-0.2, 0) is 0 Å². The quantitative estimate of drug-likeness (QED) is 0.0460. The number of carbonyl (C=O) groups is 2. The Labute approximate surface area is 339 Å². The molecule has 10 nitrogen and oxygen atoms in total. The van der Waals surface area contributed by atoms with Gasteiger partial charge in [-0.25, -0.2) is 19.6 Å². The molecule has 10 heteroatoms. The van der Waals surface area contributed by atoms with Crippen molar-refractivity contribution in [2.45, 2.75) is 149 Å². The third-order valence-corrected chi connectivity index (χ3v) is 10.3. The lowest BCUT2D eigenvalue weighted by Gasteiger charge is -2.14. The van der Waals surface area contributed by atoms with Gasteiger partial charge in [0.15, 0.2) is 11.4 Å². The van der Waals surface area contributed by atoms with E-state index >= 15 is 0 Å². The van der Waals surface area contributed by atoms with E-state index in [2.05, 4.69) is 23.8 Å². The number of unbranched alkanes of at least 4 members (excludes halogenated alkanes) is 18. The topological polar surface area (TPSA) is 137 Å². The van der Waals surface area contributed by atoms with E-state index in [0.29, 0.717) is 64.4 Å². The van der Waals surface area contributed by atoms with Crippen LogP contribution in [0.15, 0.2) is 48.5 Å². The molecule has 0 spiro atoms. The van der Waals surface area contributed by atoms with Crippen molar-refractivity contribution in [3.8, 4) is 23.0 Å². The monoisotopic (exact) mass is 786 g/mol.